The molecular formula is C26H45NO8S+. The smallest absolute Gasteiger partial charge is 0.491 e. The van der Waals surface area contributed by atoms with Gasteiger partial charge in [-0.3, -0.25) is 0 Å². The van der Waals surface area contributed by atoms with Gasteiger partial charge in [0.15, 0.2) is 0 Å². The van der Waals surface area contributed by atoms with Gasteiger partial charge in [-0.2, -0.15) is 5.90 Å². The Morgan fingerprint density at radius 3 is 2.03 bits per heavy atom. The number of allylic oxidation sites excluding steroid dienone is 1. The molecule has 1 rings (SSSR count). The highest BCUT2D eigenvalue weighted by Gasteiger charge is 2.32. The molecule has 0 saturated carbocycles. The van der Waals surface area contributed by atoms with Crippen molar-refractivity contribution in [1.29, 1.82) is 0 Å². The molecule has 1 aromatic carbocycles. The van der Waals surface area contributed by atoms with Crippen molar-refractivity contribution in [3.05, 3.63) is 35.4 Å². The molecule has 207 valence electrons. The van der Waals surface area contributed by atoms with Crippen molar-refractivity contribution in [2.45, 2.75) is 65.2 Å². The number of rotatable bonds is 24. The van der Waals surface area contributed by atoms with E-state index in [0.29, 0.717) is 39.6 Å². The van der Waals surface area contributed by atoms with Crippen LogP contribution in [0.15, 0.2) is 24.3 Å². The highest BCUT2D eigenvalue weighted by Crippen LogP contribution is 2.23. The molecule has 0 saturated heterocycles. The Morgan fingerprint density at radius 1 is 0.833 bits per heavy atom. The Bertz CT molecular complexity index is 747. The first-order valence-corrected chi connectivity index (χ1v) is 14.2. The zero-order valence-corrected chi connectivity index (χ0v) is 22.8. The maximum Gasteiger partial charge on any atom is 0.564 e. The fraction of sp³-hybridized carbons (Fsp3) is 0.692. The van der Waals surface area contributed by atoms with Crippen LogP contribution in [-0.2, 0) is 48.6 Å². The normalized spacial score (nSPS) is 13.3. The standard InChI is InChI=1S/C26H45NO8S/c1-3-5-6-7-8-9-10-12-24-13-14-26(25(23-24)11-4-2)33-21-19-31-17-15-30-16-18-32-20-22-34-36(28,29)35-27/h4,11,13-14,23H,3,5-10,12,15-22,27H2,1-2H3/q+1/b11-4+. The van der Waals surface area contributed by atoms with Gasteiger partial charge < -0.3 is 18.9 Å². The third-order valence-electron chi connectivity index (χ3n) is 5.29. The van der Waals surface area contributed by atoms with Crippen LogP contribution in [0.5, 0.6) is 5.75 Å². The second kappa shape index (κ2) is 21.7. The van der Waals surface area contributed by atoms with Crippen molar-refractivity contribution in [1.82, 2.24) is 0 Å². The van der Waals surface area contributed by atoms with Crippen LogP contribution in [0, 0.1) is 0 Å². The Hall–Kier alpha value is -1.37. The van der Waals surface area contributed by atoms with Gasteiger partial charge in [0.1, 0.15) is 23.5 Å². The highest BCUT2D eigenvalue weighted by molar-refractivity contribution is 7.88. The summed E-state index contributed by atoms with van der Waals surface area (Å²) in [6.07, 6.45) is 14.4. The van der Waals surface area contributed by atoms with E-state index in [1.165, 1.54) is 50.5 Å². The van der Waals surface area contributed by atoms with Crippen molar-refractivity contribution in [3.63, 3.8) is 0 Å². The second-order valence-electron chi connectivity index (χ2n) is 8.26. The van der Waals surface area contributed by atoms with Crippen LogP contribution >= 0.6 is 0 Å². The predicted molar refractivity (Wildman–Crippen MR) is 141 cm³/mol. The topological polar surface area (TPSA) is 118 Å². The molecule has 1 radical (unpaired) electrons. The Kier molecular flexibility index (Phi) is 19.7. The van der Waals surface area contributed by atoms with E-state index < -0.39 is 10.8 Å². The quantitative estimate of drug-likeness (QED) is 0.112. The van der Waals surface area contributed by atoms with E-state index >= 15 is 0 Å². The molecule has 1 aromatic rings. The lowest BCUT2D eigenvalue weighted by molar-refractivity contribution is 0.00322. The molecule has 10 heteroatoms. The van der Waals surface area contributed by atoms with Crippen LogP contribution in [0.25, 0.3) is 6.08 Å². The summed E-state index contributed by atoms with van der Waals surface area (Å²) in [5, 5.41) is 0. The van der Waals surface area contributed by atoms with Gasteiger partial charge in [-0.1, -0.05) is 63.7 Å². The molecule has 1 atom stereocenters. The lowest BCUT2D eigenvalue weighted by Crippen LogP contribution is -2.22. The van der Waals surface area contributed by atoms with Gasteiger partial charge in [-0.15, -0.1) is 4.18 Å². The maximum atomic E-state index is 10.8. The molecule has 0 aliphatic carbocycles. The van der Waals surface area contributed by atoms with Crippen molar-refractivity contribution in [2.75, 3.05) is 52.9 Å². The Labute approximate surface area is 218 Å². The molecule has 1 unspecified atom stereocenters. The number of aryl methyl sites for hydroxylation is 1. The molecule has 0 heterocycles. The van der Waals surface area contributed by atoms with E-state index in [0.717, 1.165) is 17.7 Å². The summed E-state index contributed by atoms with van der Waals surface area (Å²) >= 11 is 0. The van der Waals surface area contributed by atoms with Crippen LogP contribution < -0.4 is 10.6 Å². The van der Waals surface area contributed by atoms with Gasteiger partial charge in [0, 0.05) is 9.77 Å². The number of nitrogens with two attached hydrogens (primary N) is 1. The zero-order valence-electron chi connectivity index (χ0n) is 22.0. The molecule has 36 heavy (non-hydrogen) atoms. The number of ether oxygens (including phenoxy) is 4. The third kappa shape index (κ3) is 17.1. The van der Waals surface area contributed by atoms with E-state index in [-0.39, 0.29) is 13.2 Å². The monoisotopic (exact) mass is 531 g/mol. The summed E-state index contributed by atoms with van der Waals surface area (Å²) in [7, 11) is -4.13. The summed E-state index contributed by atoms with van der Waals surface area (Å²) in [5.74, 6) is 5.40. The van der Waals surface area contributed by atoms with Crippen molar-refractivity contribution in [3.8, 4) is 5.75 Å². The fourth-order valence-corrected chi connectivity index (χ4v) is 3.78. The molecule has 0 fully saturated rings. The first kappa shape index (κ1) is 32.7. The summed E-state index contributed by atoms with van der Waals surface area (Å²) < 4.78 is 51.7. The van der Waals surface area contributed by atoms with Crippen LogP contribution in [0.4, 0.5) is 0 Å². The predicted octanol–water partition coefficient (Wildman–Crippen LogP) is 5.02. The molecule has 0 aliphatic heterocycles. The molecule has 2 N–H and O–H groups in total. The lowest BCUT2D eigenvalue weighted by atomic mass is 10.0. The largest absolute Gasteiger partial charge is 0.564 e. The first-order valence-electron chi connectivity index (χ1n) is 12.9. The van der Waals surface area contributed by atoms with Gasteiger partial charge in [0.2, 0.25) is 0 Å². The minimum atomic E-state index is -4.13. The highest BCUT2D eigenvalue weighted by atomic mass is 32.3. The van der Waals surface area contributed by atoms with Crippen molar-refractivity contribution >= 4 is 16.9 Å². The fourth-order valence-electron chi connectivity index (χ4n) is 3.46. The zero-order chi connectivity index (χ0) is 26.3. The molecular weight excluding hydrogens is 486 g/mol. The van der Waals surface area contributed by atoms with E-state index in [1.54, 1.807) is 0 Å². The minimum absolute atomic E-state index is 0.0785. The summed E-state index contributed by atoms with van der Waals surface area (Å²) in [6, 6.07) is 6.44. The molecule has 0 amide bonds. The van der Waals surface area contributed by atoms with Crippen LogP contribution in [-0.4, -0.2) is 52.9 Å². The minimum Gasteiger partial charge on any atom is -0.491 e. The molecule has 0 bridgehead atoms. The van der Waals surface area contributed by atoms with E-state index in [1.807, 2.05) is 13.0 Å². The van der Waals surface area contributed by atoms with Crippen LogP contribution in [0.1, 0.15) is 69.9 Å². The van der Waals surface area contributed by atoms with Gasteiger partial charge in [0.25, 0.3) is 0 Å². The maximum absolute atomic E-state index is 10.8. The second-order valence-corrected chi connectivity index (χ2v) is 9.50. The molecule has 0 spiro atoms. The van der Waals surface area contributed by atoms with Crippen LogP contribution in [0.3, 0.4) is 0 Å². The van der Waals surface area contributed by atoms with E-state index in [9.17, 15) is 8.76 Å². The molecule has 0 aromatic heterocycles. The Morgan fingerprint density at radius 2 is 1.42 bits per heavy atom. The summed E-state index contributed by atoms with van der Waals surface area (Å²) in [6.45, 7) is 6.61. The Balaban J connectivity index is 2.11. The van der Waals surface area contributed by atoms with E-state index in [4.69, 9.17) is 18.9 Å². The lowest BCUT2D eigenvalue weighted by Gasteiger charge is -2.12. The van der Waals surface area contributed by atoms with Gasteiger partial charge in [-0.25, -0.2) is 0 Å². The molecule has 9 nitrogen and oxygen atoms in total. The molecule has 0 aliphatic rings. The average Bonchev–Trinajstić information content (AvgIpc) is 2.87. The number of hydrogen-bond acceptors (Lipinski definition) is 8. The third-order valence-corrected chi connectivity index (χ3v) is 5.98. The summed E-state index contributed by atoms with van der Waals surface area (Å²) in [5.41, 5.74) is 2.45. The first-order chi connectivity index (χ1) is 17.5. The van der Waals surface area contributed by atoms with Gasteiger partial charge in [0.05, 0.1) is 39.6 Å². The number of unbranched alkanes of at least 4 members (excludes halogenated alkanes) is 6. The van der Waals surface area contributed by atoms with Gasteiger partial charge >= 0.3 is 10.8 Å². The average molecular weight is 532 g/mol. The van der Waals surface area contributed by atoms with Crippen LogP contribution in [0.2, 0.25) is 0 Å². The SMILES string of the molecule is C/C=C/c1cc(CCCCCCCCC)ccc1OCCOCCOCCOCCO[S+]([O])(=O)ON. The van der Waals surface area contributed by atoms with Crippen molar-refractivity contribution < 1.29 is 36.2 Å². The van der Waals surface area contributed by atoms with Gasteiger partial charge in [-0.05, 0) is 41.7 Å². The van der Waals surface area contributed by atoms with E-state index in [2.05, 4.69) is 45.6 Å². The van der Waals surface area contributed by atoms with Crippen molar-refractivity contribution in [2.24, 2.45) is 5.90 Å². The number of hydrogen-bond donors (Lipinski definition) is 1. The number of benzene rings is 1. The summed E-state index contributed by atoms with van der Waals surface area (Å²) in [4.78, 5) is 0.